The van der Waals surface area contributed by atoms with E-state index in [1.807, 2.05) is 0 Å². The van der Waals surface area contributed by atoms with Gasteiger partial charge in [0.05, 0.1) is 6.54 Å². The summed E-state index contributed by atoms with van der Waals surface area (Å²) < 4.78 is 0. The third kappa shape index (κ3) is 3.33. The van der Waals surface area contributed by atoms with Crippen LogP contribution < -0.4 is 11.1 Å². The predicted octanol–water partition coefficient (Wildman–Crippen LogP) is -0.292. The Morgan fingerprint density at radius 2 is 2.00 bits per heavy atom. The standard InChI is InChI=1S/C9H17N3O2/c1-7(13)6-11-9(14)12-4-2-8(10)3-5-12/h8H,2-6,10H2,1H3,(H,11,14). The Kier molecular flexibility index (Phi) is 3.88. The molecule has 0 spiro atoms. The number of Topliss-reactive ketones (excluding diaryl/α,β-unsaturated/α-hetero) is 1. The molecule has 1 aliphatic rings. The number of amides is 2. The number of nitrogens with two attached hydrogens (primary N) is 1. The Hall–Kier alpha value is -1.10. The average molecular weight is 199 g/mol. The molecule has 1 rings (SSSR count). The van der Waals surface area contributed by atoms with Crippen molar-refractivity contribution >= 4 is 11.8 Å². The second kappa shape index (κ2) is 4.95. The van der Waals surface area contributed by atoms with Crippen molar-refractivity contribution in [2.24, 2.45) is 5.73 Å². The number of likely N-dealkylation sites (tertiary alicyclic amines) is 1. The number of urea groups is 1. The number of nitrogens with one attached hydrogen (secondary N) is 1. The summed E-state index contributed by atoms with van der Waals surface area (Å²) in [5.41, 5.74) is 5.71. The predicted molar refractivity (Wildman–Crippen MR) is 52.9 cm³/mol. The SMILES string of the molecule is CC(=O)CNC(=O)N1CCC(N)CC1. The molecule has 1 fully saturated rings. The van der Waals surface area contributed by atoms with Gasteiger partial charge in [-0.15, -0.1) is 0 Å². The van der Waals surface area contributed by atoms with Gasteiger partial charge in [-0.2, -0.15) is 0 Å². The molecule has 1 saturated heterocycles. The lowest BCUT2D eigenvalue weighted by Gasteiger charge is -2.30. The van der Waals surface area contributed by atoms with Crippen LogP contribution in [0.1, 0.15) is 19.8 Å². The van der Waals surface area contributed by atoms with Gasteiger partial charge in [-0.3, -0.25) is 4.79 Å². The topological polar surface area (TPSA) is 75.4 Å². The maximum absolute atomic E-state index is 11.4. The molecule has 3 N–H and O–H groups in total. The molecular formula is C9H17N3O2. The quantitative estimate of drug-likeness (QED) is 0.641. The second-order valence-electron chi connectivity index (χ2n) is 3.69. The summed E-state index contributed by atoms with van der Waals surface area (Å²) in [5, 5.41) is 2.56. The third-order valence-electron chi connectivity index (χ3n) is 2.32. The van der Waals surface area contributed by atoms with Crippen LogP contribution in [0.25, 0.3) is 0 Å². The summed E-state index contributed by atoms with van der Waals surface area (Å²) in [7, 11) is 0. The molecule has 5 nitrogen and oxygen atoms in total. The van der Waals surface area contributed by atoms with Gasteiger partial charge in [0.2, 0.25) is 0 Å². The Bertz CT molecular complexity index is 222. The molecule has 1 heterocycles. The molecule has 5 heteroatoms. The van der Waals surface area contributed by atoms with E-state index in [0.29, 0.717) is 13.1 Å². The zero-order valence-corrected chi connectivity index (χ0v) is 8.45. The van der Waals surface area contributed by atoms with E-state index in [0.717, 1.165) is 12.8 Å². The fourth-order valence-corrected chi connectivity index (χ4v) is 1.41. The Morgan fingerprint density at radius 1 is 1.43 bits per heavy atom. The molecule has 0 atom stereocenters. The highest BCUT2D eigenvalue weighted by Gasteiger charge is 2.19. The third-order valence-corrected chi connectivity index (χ3v) is 2.32. The molecule has 2 amide bonds. The fraction of sp³-hybridized carbons (Fsp3) is 0.778. The van der Waals surface area contributed by atoms with Crippen molar-refractivity contribution in [3.63, 3.8) is 0 Å². The number of carbonyl (C=O) groups excluding carboxylic acids is 2. The first-order chi connectivity index (χ1) is 6.59. The maximum Gasteiger partial charge on any atom is 0.317 e. The van der Waals surface area contributed by atoms with Crippen LogP contribution in [-0.4, -0.2) is 42.4 Å². The number of hydrogen-bond acceptors (Lipinski definition) is 3. The molecule has 80 valence electrons. The van der Waals surface area contributed by atoms with Crippen molar-refractivity contribution in [1.82, 2.24) is 10.2 Å². The van der Waals surface area contributed by atoms with E-state index < -0.39 is 0 Å². The van der Waals surface area contributed by atoms with Crippen LogP contribution in [0.15, 0.2) is 0 Å². The summed E-state index contributed by atoms with van der Waals surface area (Å²) >= 11 is 0. The van der Waals surface area contributed by atoms with Crippen molar-refractivity contribution in [3.8, 4) is 0 Å². The zero-order chi connectivity index (χ0) is 10.6. The number of piperidine rings is 1. The lowest BCUT2D eigenvalue weighted by Crippen LogP contribution is -2.48. The first-order valence-electron chi connectivity index (χ1n) is 4.87. The van der Waals surface area contributed by atoms with Crippen molar-refractivity contribution in [1.29, 1.82) is 0 Å². The van der Waals surface area contributed by atoms with E-state index in [4.69, 9.17) is 5.73 Å². The van der Waals surface area contributed by atoms with Crippen molar-refractivity contribution < 1.29 is 9.59 Å². The van der Waals surface area contributed by atoms with Gasteiger partial charge in [-0.05, 0) is 19.8 Å². The summed E-state index contributed by atoms with van der Waals surface area (Å²) in [6.45, 7) is 2.93. The second-order valence-corrected chi connectivity index (χ2v) is 3.69. The van der Waals surface area contributed by atoms with Crippen LogP contribution in [0, 0.1) is 0 Å². The number of ketones is 1. The van der Waals surface area contributed by atoms with Gasteiger partial charge < -0.3 is 16.0 Å². The minimum Gasteiger partial charge on any atom is -0.331 e. The van der Waals surface area contributed by atoms with Crippen molar-refractivity contribution in [3.05, 3.63) is 0 Å². The van der Waals surface area contributed by atoms with Gasteiger partial charge in [0.1, 0.15) is 5.78 Å². The molecule has 0 aromatic rings. The van der Waals surface area contributed by atoms with Gasteiger partial charge in [0.25, 0.3) is 0 Å². The zero-order valence-electron chi connectivity index (χ0n) is 8.45. The molecule has 0 saturated carbocycles. The van der Waals surface area contributed by atoms with E-state index >= 15 is 0 Å². The first kappa shape index (κ1) is 11.0. The van der Waals surface area contributed by atoms with Crippen LogP contribution in [0.3, 0.4) is 0 Å². The van der Waals surface area contributed by atoms with E-state index in [1.165, 1.54) is 6.92 Å². The van der Waals surface area contributed by atoms with Gasteiger partial charge >= 0.3 is 6.03 Å². The number of nitrogens with zero attached hydrogens (tertiary/aromatic N) is 1. The van der Waals surface area contributed by atoms with Gasteiger partial charge in [-0.25, -0.2) is 4.79 Å². The van der Waals surface area contributed by atoms with Crippen LogP contribution in [0.5, 0.6) is 0 Å². The molecule has 14 heavy (non-hydrogen) atoms. The van der Waals surface area contributed by atoms with E-state index in [1.54, 1.807) is 4.90 Å². The lowest BCUT2D eigenvalue weighted by atomic mass is 10.1. The summed E-state index contributed by atoms with van der Waals surface area (Å²) in [4.78, 5) is 23.8. The largest absolute Gasteiger partial charge is 0.331 e. The smallest absolute Gasteiger partial charge is 0.317 e. The highest BCUT2D eigenvalue weighted by Crippen LogP contribution is 2.07. The number of carbonyl (C=O) groups is 2. The molecular weight excluding hydrogens is 182 g/mol. The maximum atomic E-state index is 11.4. The van der Waals surface area contributed by atoms with Gasteiger partial charge in [0, 0.05) is 19.1 Å². The van der Waals surface area contributed by atoms with Gasteiger partial charge in [-0.1, -0.05) is 0 Å². The fourth-order valence-electron chi connectivity index (χ4n) is 1.41. The van der Waals surface area contributed by atoms with Crippen LogP contribution in [-0.2, 0) is 4.79 Å². The Morgan fingerprint density at radius 3 is 2.50 bits per heavy atom. The normalized spacial score (nSPS) is 18.0. The molecule has 0 aliphatic carbocycles. The molecule has 1 aliphatic heterocycles. The van der Waals surface area contributed by atoms with E-state index in [9.17, 15) is 9.59 Å². The van der Waals surface area contributed by atoms with Crippen LogP contribution in [0.2, 0.25) is 0 Å². The lowest BCUT2D eigenvalue weighted by molar-refractivity contribution is -0.116. The van der Waals surface area contributed by atoms with Crippen LogP contribution >= 0.6 is 0 Å². The molecule has 0 aromatic heterocycles. The minimum atomic E-state index is -0.160. The highest BCUT2D eigenvalue weighted by atomic mass is 16.2. The van der Waals surface area contributed by atoms with E-state index in [2.05, 4.69) is 5.32 Å². The molecule has 0 aromatic carbocycles. The van der Waals surface area contributed by atoms with Crippen LogP contribution in [0.4, 0.5) is 4.79 Å². The van der Waals surface area contributed by atoms with Gasteiger partial charge in [0.15, 0.2) is 0 Å². The number of hydrogen-bond donors (Lipinski definition) is 2. The van der Waals surface area contributed by atoms with E-state index in [-0.39, 0.29) is 24.4 Å². The number of rotatable bonds is 2. The van der Waals surface area contributed by atoms with Crippen molar-refractivity contribution in [2.75, 3.05) is 19.6 Å². The molecule has 0 bridgehead atoms. The molecule has 0 radical (unpaired) electrons. The average Bonchev–Trinajstić information content (AvgIpc) is 2.15. The summed E-state index contributed by atoms with van der Waals surface area (Å²) in [6.07, 6.45) is 1.68. The Labute approximate surface area is 83.6 Å². The first-order valence-corrected chi connectivity index (χ1v) is 4.87. The minimum absolute atomic E-state index is 0.0351. The summed E-state index contributed by atoms with van der Waals surface area (Å²) in [5.74, 6) is -0.0351. The monoisotopic (exact) mass is 199 g/mol. The van der Waals surface area contributed by atoms with Crippen molar-refractivity contribution in [2.45, 2.75) is 25.8 Å². The summed E-state index contributed by atoms with van der Waals surface area (Å²) in [6, 6.07) is 0.0546. The molecule has 0 unspecified atom stereocenters. The Balaban J connectivity index is 2.27. The highest BCUT2D eigenvalue weighted by molar-refractivity contribution is 5.83.